The molecule has 2 aliphatic rings. The van der Waals surface area contributed by atoms with Gasteiger partial charge in [0.2, 0.25) is 0 Å². The molecule has 0 radical (unpaired) electrons. The van der Waals surface area contributed by atoms with E-state index in [2.05, 4.69) is 195 Å². The molecule has 1 nitrogen and oxygen atoms in total. The predicted octanol–water partition coefficient (Wildman–Crippen LogP) is 12.3. The van der Waals surface area contributed by atoms with E-state index >= 15 is 0 Å². The second-order valence-electron chi connectivity index (χ2n) is 13.8. The van der Waals surface area contributed by atoms with E-state index in [1.165, 1.54) is 72.0 Å². The van der Waals surface area contributed by atoms with Crippen LogP contribution in [-0.2, 0) is 10.8 Å². The van der Waals surface area contributed by atoms with Crippen molar-refractivity contribution in [3.05, 3.63) is 227 Å². The van der Waals surface area contributed by atoms with Crippen molar-refractivity contribution in [3.8, 4) is 33.8 Å². The highest BCUT2D eigenvalue weighted by Gasteiger charge is 2.47. The molecule has 2 unspecified atom stereocenters. The third kappa shape index (κ3) is 3.95. The first-order valence-corrected chi connectivity index (χ1v) is 17.4. The molecular weight excluding hydrogens is 605 g/mol. The summed E-state index contributed by atoms with van der Waals surface area (Å²) < 4.78 is 6.71. The van der Waals surface area contributed by atoms with Crippen LogP contribution in [0.15, 0.2) is 188 Å². The summed E-state index contributed by atoms with van der Waals surface area (Å²) in [5.74, 6) is 1.81. The van der Waals surface area contributed by atoms with Crippen LogP contribution in [0.5, 0.6) is 11.5 Å². The molecule has 8 aromatic carbocycles. The summed E-state index contributed by atoms with van der Waals surface area (Å²) in [5.41, 5.74) is 12.8. The molecule has 1 heteroatoms. The average Bonchev–Trinajstić information content (AvgIpc) is 3.47. The summed E-state index contributed by atoms with van der Waals surface area (Å²) in [6, 6.07) is 68.8. The zero-order valence-corrected chi connectivity index (χ0v) is 27.8. The number of benzene rings is 8. The lowest BCUT2D eigenvalue weighted by Gasteiger charge is -2.39. The average molecular weight is 639 g/mol. The fourth-order valence-electron chi connectivity index (χ4n) is 9.03. The fourth-order valence-corrected chi connectivity index (χ4v) is 9.03. The molecule has 0 saturated carbocycles. The van der Waals surface area contributed by atoms with Crippen LogP contribution in [0.25, 0.3) is 33.0 Å². The summed E-state index contributed by atoms with van der Waals surface area (Å²) in [6.45, 7) is 2.36. The van der Waals surface area contributed by atoms with E-state index < -0.39 is 10.8 Å². The van der Waals surface area contributed by atoms with Gasteiger partial charge in [0, 0.05) is 11.1 Å². The molecule has 1 aliphatic carbocycles. The second kappa shape index (κ2) is 10.9. The molecule has 236 valence electrons. The normalized spacial score (nSPS) is 18.4. The summed E-state index contributed by atoms with van der Waals surface area (Å²) >= 11 is 0. The van der Waals surface area contributed by atoms with Gasteiger partial charge in [-0.3, -0.25) is 0 Å². The third-order valence-corrected chi connectivity index (χ3v) is 11.2. The van der Waals surface area contributed by atoms with Gasteiger partial charge in [0.05, 0.1) is 10.8 Å². The molecule has 0 spiro atoms. The van der Waals surface area contributed by atoms with E-state index in [-0.39, 0.29) is 0 Å². The van der Waals surface area contributed by atoms with Gasteiger partial charge in [0.15, 0.2) is 0 Å². The van der Waals surface area contributed by atoms with Gasteiger partial charge in [0.1, 0.15) is 11.5 Å². The highest BCUT2D eigenvalue weighted by Crippen LogP contribution is 2.58. The molecule has 0 bridgehead atoms. The van der Waals surface area contributed by atoms with Gasteiger partial charge in [0.25, 0.3) is 0 Å². The topological polar surface area (TPSA) is 9.23 Å². The van der Waals surface area contributed by atoms with Gasteiger partial charge in [-0.05, 0) is 98.1 Å². The number of para-hydroxylation sites is 1. The lowest BCUT2D eigenvalue weighted by Crippen LogP contribution is -2.30. The van der Waals surface area contributed by atoms with Gasteiger partial charge < -0.3 is 4.74 Å². The van der Waals surface area contributed by atoms with Gasteiger partial charge in [-0.2, -0.15) is 0 Å². The Kier molecular flexibility index (Phi) is 6.29. The monoisotopic (exact) mass is 638 g/mol. The standard InChI is InChI=1S/C49H34O/c1-48(36-19-4-2-5-20-36)43-27-12-13-28-45(43)50-46-29-15-25-39(47(46)48)35-18-14-23-38(30-35)49(37-21-6-3-7-22-37)42-26-11-10-24-40(42)41-31-33-16-8-9-17-34(33)32-44(41)49/h2-32H,1H3. The van der Waals surface area contributed by atoms with E-state index in [1.807, 2.05) is 0 Å². The summed E-state index contributed by atoms with van der Waals surface area (Å²) in [5, 5.41) is 2.51. The minimum absolute atomic E-state index is 0.430. The van der Waals surface area contributed by atoms with Gasteiger partial charge in [-0.15, -0.1) is 0 Å². The Bertz CT molecular complexity index is 2580. The molecule has 8 aromatic rings. The number of hydrogen-bond acceptors (Lipinski definition) is 1. The van der Waals surface area contributed by atoms with Crippen LogP contribution < -0.4 is 4.74 Å². The number of rotatable bonds is 4. The Labute approximate surface area is 293 Å². The SMILES string of the molecule is CC1(c2ccccc2)c2ccccc2Oc2cccc(-c3cccc(C4(c5ccccc5)c5ccccc5-c5cc6ccccc6cc54)c3)c21. The van der Waals surface area contributed by atoms with Gasteiger partial charge >= 0.3 is 0 Å². The molecular formula is C49H34O. The molecule has 0 saturated heterocycles. The first kappa shape index (κ1) is 28.8. The number of ether oxygens (including phenoxy) is 1. The highest BCUT2D eigenvalue weighted by atomic mass is 16.5. The van der Waals surface area contributed by atoms with Crippen LogP contribution in [0, 0.1) is 0 Å². The summed E-state index contributed by atoms with van der Waals surface area (Å²) in [6.07, 6.45) is 0. The maximum Gasteiger partial charge on any atom is 0.132 e. The van der Waals surface area contributed by atoms with Crippen molar-refractivity contribution in [3.63, 3.8) is 0 Å². The van der Waals surface area contributed by atoms with Crippen molar-refractivity contribution >= 4 is 10.8 Å². The molecule has 0 N–H and O–H groups in total. The van der Waals surface area contributed by atoms with Crippen LogP contribution in [-0.4, -0.2) is 0 Å². The predicted molar refractivity (Wildman–Crippen MR) is 205 cm³/mol. The van der Waals surface area contributed by atoms with Crippen LogP contribution in [0.1, 0.15) is 45.9 Å². The molecule has 0 fully saturated rings. The first-order chi connectivity index (χ1) is 24.7. The zero-order valence-electron chi connectivity index (χ0n) is 27.8. The molecule has 10 rings (SSSR count). The van der Waals surface area contributed by atoms with Crippen molar-refractivity contribution in [1.82, 2.24) is 0 Å². The maximum atomic E-state index is 6.71. The Morgan fingerprint density at radius 3 is 1.76 bits per heavy atom. The van der Waals surface area contributed by atoms with Gasteiger partial charge in [-0.1, -0.05) is 158 Å². The summed E-state index contributed by atoms with van der Waals surface area (Å²) in [4.78, 5) is 0. The lowest BCUT2D eigenvalue weighted by molar-refractivity contribution is 0.428. The van der Waals surface area contributed by atoms with Crippen LogP contribution in [0.2, 0.25) is 0 Å². The quantitative estimate of drug-likeness (QED) is 0.186. The van der Waals surface area contributed by atoms with Crippen molar-refractivity contribution in [2.24, 2.45) is 0 Å². The Morgan fingerprint density at radius 2 is 0.960 bits per heavy atom. The lowest BCUT2D eigenvalue weighted by atomic mass is 9.66. The van der Waals surface area contributed by atoms with Crippen molar-refractivity contribution in [2.75, 3.05) is 0 Å². The zero-order chi connectivity index (χ0) is 33.3. The molecule has 1 heterocycles. The maximum absolute atomic E-state index is 6.71. The van der Waals surface area contributed by atoms with Crippen LogP contribution in [0.4, 0.5) is 0 Å². The van der Waals surface area contributed by atoms with Crippen LogP contribution >= 0.6 is 0 Å². The molecule has 0 amide bonds. The summed E-state index contributed by atoms with van der Waals surface area (Å²) in [7, 11) is 0. The van der Waals surface area contributed by atoms with Crippen molar-refractivity contribution < 1.29 is 4.74 Å². The Morgan fingerprint density at radius 1 is 0.380 bits per heavy atom. The number of hydrogen-bond donors (Lipinski definition) is 0. The van der Waals surface area contributed by atoms with E-state index in [4.69, 9.17) is 4.74 Å². The van der Waals surface area contributed by atoms with E-state index in [1.54, 1.807) is 0 Å². The smallest absolute Gasteiger partial charge is 0.132 e. The van der Waals surface area contributed by atoms with Gasteiger partial charge in [-0.25, -0.2) is 0 Å². The highest BCUT2D eigenvalue weighted by molar-refractivity contribution is 5.96. The first-order valence-electron chi connectivity index (χ1n) is 17.4. The Balaban J connectivity index is 1.26. The molecule has 0 aromatic heterocycles. The largest absolute Gasteiger partial charge is 0.457 e. The van der Waals surface area contributed by atoms with E-state index in [9.17, 15) is 0 Å². The minimum Gasteiger partial charge on any atom is -0.457 e. The van der Waals surface area contributed by atoms with E-state index in [0.717, 1.165) is 11.5 Å². The molecule has 50 heavy (non-hydrogen) atoms. The molecule has 2 atom stereocenters. The number of fused-ring (bicyclic) bond motifs is 6. The van der Waals surface area contributed by atoms with Crippen molar-refractivity contribution in [2.45, 2.75) is 17.8 Å². The van der Waals surface area contributed by atoms with E-state index in [0.29, 0.717) is 0 Å². The minimum atomic E-state index is -0.506. The van der Waals surface area contributed by atoms with Crippen molar-refractivity contribution in [1.29, 1.82) is 0 Å². The second-order valence-corrected chi connectivity index (χ2v) is 13.8. The third-order valence-electron chi connectivity index (χ3n) is 11.2. The Hall–Kier alpha value is -6.18. The fraction of sp³-hybridized carbons (Fsp3) is 0.0612. The molecule has 1 aliphatic heterocycles. The van der Waals surface area contributed by atoms with Crippen LogP contribution in [0.3, 0.4) is 0 Å².